The van der Waals surface area contributed by atoms with E-state index < -0.39 is 16.8 Å². The zero-order valence-corrected chi connectivity index (χ0v) is 12.4. The lowest BCUT2D eigenvalue weighted by Crippen LogP contribution is -2.21. The number of carbonyl (C=O) groups is 2. The number of hydrogen-bond donors (Lipinski definition) is 1. The summed E-state index contributed by atoms with van der Waals surface area (Å²) in [6.07, 6.45) is 0.555. The number of rotatable bonds is 3. The van der Waals surface area contributed by atoms with E-state index in [1.54, 1.807) is 6.92 Å². The minimum Gasteiger partial charge on any atom is -0.544 e. The van der Waals surface area contributed by atoms with Crippen LogP contribution in [0.2, 0.25) is 0 Å². The molecule has 1 atom stereocenters. The molecular formula is C12H9N2O5S2-. The standard InChI is InChI=1S/C12H10N2O5S2/c1-4-6-8(15)13-12(20-5-2-3-19-11(5)18)14-9(6)21-7(4)10(16)17/h5H,2-3H2,1H3,(H,16,17)(H,13,14,15)/p-1/t5-/m1/s1. The van der Waals surface area contributed by atoms with Crippen LogP contribution in [0.3, 0.4) is 0 Å². The fraction of sp³-hybridized carbons (Fsp3) is 0.333. The van der Waals surface area contributed by atoms with E-state index in [2.05, 4.69) is 9.97 Å². The number of thiophene rings is 1. The predicted octanol–water partition coefficient (Wildman–Crippen LogP) is 0.0641. The Bertz CT molecular complexity index is 810. The van der Waals surface area contributed by atoms with Gasteiger partial charge in [-0.25, -0.2) is 4.98 Å². The van der Waals surface area contributed by atoms with Crippen LogP contribution in [0.25, 0.3) is 10.2 Å². The Morgan fingerprint density at radius 3 is 2.90 bits per heavy atom. The fourth-order valence-electron chi connectivity index (χ4n) is 2.09. The third-order valence-corrected chi connectivity index (χ3v) is 5.40. The van der Waals surface area contributed by atoms with Gasteiger partial charge in [-0.3, -0.25) is 9.59 Å². The van der Waals surface area contributed by atoms with Crippen LogP contribution < -0.4 is 10.7 Å². The van der Waals surface area contributed by atoms with Crippen molar-refractivity contribution in [3.8, 4) is 0 Å². The zero-order chi connectivity index (χ0) is 15.1. The van der Waals surface area contributed by atoms with Crippen molar-refractivity contribution in [2.24, 2.45) is 0 Å². The van der Waals surface area contributed by atoms with Gasteiger partial charge in [-0.2, -0.15) is 0 Å². The molecule has 1 saturated heterocycles. The molecule has 0 unspecified atom stereocenters. The van der Waals surface area contributed by atoms with E-state index in [0.717, 1.165) is 23.1 Å². The van der Waals surface area contributed by atoms with E-state index in [4.69, 9.17) is 4.74 Å². The Morgan fingerprint density at radius 1 is 1.52 bits per heavy atom. The quantitative estimate of drug-likeness (QED) is 0.627. The minimum atomic E-state index is -1.33. The molecule has 7 nitrogen and oxygen atoms in total. The SMILES string of the molecule is Cc1c(C(=O)[O-])sc2nc(S[C@@H]3CCOC3=O)[nH]c(=O)c12. The van der Waals surface area contributed by atoms with E-state index >= 15 is 0 Å². The van der Waals surface area contributed by atoms with Crippen LogP contribution >= 0.6 is 23.1 Å². The van der Waals surface area contributed by atoms with E-state index in [0.29, 0.717) is 23.4 Å². The summed E-state index contributed by atoms with van der Waals surface area (Å²) in [7, 11) is 0. The third kappa shape index (κ3) is 2.42. The van der Waals surface area contributed by atoms with Gasteiger partial charge >= 0.3 is 5.97 Å². The number of fused-ring (bicyclic) bond motifs is 1. The van der Waals surface area contributed by atoms with Gasteiger partial charge in [0.1, 0.15) is 10.1 Å². The van der Waals surface area contributed by atoms with E-state index in [-0.39, 0.29) is 21.4 Å². The highest BCUT2D eigenvalue weighted by Gasteiger charge is 2.28. The maximum absolute atomic E-state index is 12.1. The average Bonchev–Trinajstić information content (AvgIpc) is 2.95. The van der Waals surface area contributed by atoms with Gasteiger partial charge in [0, 0.05) is 6.42 Å². The molecule has 2 aromatic rings. The van der Waals surface area contributed by atoms with Crippen LogP contribution in [0.5, 0.6) is 0 Å². The Hall–Kier alpha value is -1.87. The number of esters is 1. The van der Waals surface area contributed by atoms with Crippen molar-refractivity contribution < 1.29 is 19.4 Å². The van der Waals surface area contributed by atoms with Gasteiger partial charge in [0.15, 0.2) is 5.16 Å². The molecule has 21 heavy (non-hydrogen) atoms. The average molecular weight is 325 g/mol. The van der Waals surface area contributed by atoms with Gasteiger partial charge in [0.05, 0.1) is 22.8 Å². The number of H-pyrrole nitrogens is 1. The first-order chi connectivity index (χ1) is 9.97. The fourth-order valence-corrected chi connectivity index (χ4v) is 4.11. The number of aromatic amines is 1. The van der Waals surface area contributed by atoms with Crippen molar-refractivity contribution in [3.63, 3.8) is 0 Å². The second-order valence-corrected chi connectivity index (χ2v) is 6.65. The van der Waals surface area contributed by atoms with Gasteiger partial charge in [-0.15, -0.1) is 11.3 Å². The maximum atomic E-state index is 12.1. The molecule has 2 aromatic heterocycles. The molecule has 0 spiro atoms. The summed E-state index contributed by atoms with van der Waals surface area (Å²) in [5.41, 5.74) is -0.0734. The summed E-state index contributed by atoms with van der Waals surface area (Å²) in [5, 5.41) is 11.1. The minimum absolute atomic E-state index is 0.00886. The van der Waals surface area contributed by atoms with E-state index in [9.17, 15) is 19.5 Å². The molecule has 0 amide bonds. The lowest BCUT2D eigenvalue weighted by Gasteiger charge is -2.04. The number of ether oxygens (including phenoxy) is 1. The summed E-state index contributed by atoms with van der Waals surface area (Å²) in [4.78, 5) is 41.6. The smallest absolute Gasteiger partial charge is 0.319 e. The number of hydrogen-bond acceptors (Lipinski definition) is 8. The Labute approximate surface area is 126 Å². The maximum Gasteiger partial charge on any atom is 0.319 e. The summed E-state index contributed by atoms with van der Waals surface area (Å²) < 4.78 is 4.85. The van der Waals surface area contributed by atoms with Gasteiger partial charge in [0.25, 0.3) is 5.56 Å². The Morgan fingerprint density at radius 2 is 2.29 bits per heavy atom. The number of aromatic carboxylic acids is 1. The van der Waals surface area contributed by atoms with Gasteiger partial charge in [-0.1, -0.05) is 11.8 Å². The highest BCUT2D eigenvalue weighted by molar-refractivity contribution is 8.00. The second-order valence-electron chi connectivity index (χ2n) is 4.46. The van der Waals surface area contributed by atoms with Crippen LogP contribution in [0, 0.1) is 6.92 Å². The van der Waals surface area contributed by atoms with Crippen LogP contribution in [0.4, 0.5) is 0 Å². The molecule has 0 aliphatic carbocycles. The lowest BCUT2D eigenvalue weighted by atomic mass is 10.2. The molecule has 0 aromatic carbocycles. The number of carboxylic acid groups (broad SMARTS) is 1. The summed E-state index contributed by atoms with van der Waals surface area (Å²) in [6, 6.07) is 0. The van der Waals surface area contributed by atoms with Gasteiger partial charge in [-0.05, 0) is 12.5 Å². The topological polar surface area (TPSA) is 112 Å². The summed E-state index contributed by atoms with van der Waals surface area (Å²) in [5.74, 6) is -1.66. The second kappa shape index (κ2) is 5.15. The van der Waals surface area contributed by atoms with Gasteiger partial charge in [0.2, 0.25) is 0 Å². The normalized spacial score (nSPS) is 18.1. The summed E-state index contributed by atoms with van der Waals surface area (Å²) in [6.45, 7) is 1.90. The molecule has 9 heteroatoms. The number of aromatic nitrogens is 2. The predicted molar refractivity (Wildman–Crippen MR) is 74.5 cm³/mol. The molecule has 1 fully saturated rings. The lowest BCUT2D eigenvalue weighted by molar-refractivity contribution is -0.254. The molecule has 0 radical (unpaired) electrons. The molecule has 3 heterocycles. The number of carboxylic acids is 1. The molecule has 110 valence electrons. The van der Waals surface area contributed by atoms with E-state index in [1.807, 2.05) is 0 Å². The number of cyclic esters (lactones) is 1. The molecule has 1 aliphatic heterocycles. The van der Waals surface area contributed by atoms with Crippen molar-refractivity contribution in [1.29, 1.82) is 0 Å². The zero-order valence-electron chi connectivity index (χ0n) is 10.8. The third-order valence-electron chi connectivity index (χ3n) is 3.11. The first-order valence-corrected chi connectivity index (χ1v) is 7.75. The number of thioether (sulfide) groups is 1. The van der Waals surface area contributed by atoms with Crippen molar-refractivity contribution in [2.75, 3.05) is 6.61 Å². The van der Waals surface area contributed by atoms with Crippen molar-refractivity contribution in [2.45, 2.75) is 23.8 Å². The Balaban J connectivity index is 2.05. The van der Waals surface area contributed by atoms with Crippen LogP contribution in [-0.4, -0.2) is 33.8 Å². The molecule has 3 rings (SSSR count). The molecule has 1 aliphatic rings. The molecule has 0 saturated carbocycles. The highest BCUT2D eigenvalue weighted by Crippen LogP contribution is 2.30. The Kier molecular flexibility index (Phi) is 3.46. The number of nitrogens with one attached hydrogen (secondary N) is 1. The van der Waals surface area contributed by atoms with E-state index in [1.165, 1.54) is 0 Å². The molecule has 1 N–H and O–H groups in total. The van der Waals surface area contributed by atoms with Crippen molar-refractivity contribution >= 4 is 45.3 Å². The van der Waals surface area contributed by atoms with Crippen LogP contribution in [-0.2, 0) is 9.53 Å². The number of nitrogens with zero attached hydrogens (tertiary/aromatic N) is 1. The first-order valence-electron chi connectivity index (χ1n) is 6.05. The van der Waals surface area contributed by atoms with Crippen LogP contribution in [0.15, 0.2) is 9.95 Å². The van der Waals surface area contributed by atoms with Crippen LogP contribution in [0.1, 0.15) is 21.7 Å². The summed E-state index contributed by atoms with van der Waals surface area (Å²) >= 11 is 2.01. The van der Waals surface area contributed by atoms with Crippen molar-refractivity contribution in [3.05, 3.63) is 20.8 Å². The highest BCUT2D eigenvalue weighted by atomic mass is 32.2. The number of carbonyl (C=O) groups excluding carboxylic acids is 2. The molecule has 0 bridgehead atoms. The molecular weight excluding hydrogens is 316 g/mol. The first kappa shape index (κ1) is 14.1. The van der Waals surface area contributed by atoms with Crippen molar-refractivity contribution in [1.82, 2.24) is 9.97 Å². The van der Waals surface area contributed by atoms with Gasteiger partial charge < -0.3 is 19.6 Å². The number of aryl methyl sites for hydroxylation is 1. The monoisotopic (exact) mass is 325 g/mol. The largest absolute Gasteiger partial charge is 0.544 e.